The maximum Gasteiger partial charge on any atom is 0.252 e. The van der Waals surface area contributed by atoms with Crippen LogP contribution in [0.4, 0.5) is 0 Å². The molecular weight excluding hydrogens is 380 g/mol. The molecule has 6 heteroatoms. The summed E-state index contributed by atoms with van der Waals surface area (Å²) in [7, 11) is 0. The summed E-state index contributed by atoms with van der Waals surface area (Å²) in [6, 6.07) is 12.4. The molecule has 0 saturated carbocycles. The number of nitrogens with one attached hydrogen (secondary N) is 2. The van der Waals surface area contributed by atoms with Crippen molar-refractivity contribution in [1.29, 1.82) is 0 Å². The molecule has 1 saturated heterocycles. The fourth-order valence-electron chi connectivity index (χ4n) is 3.74. The predicted octanol–water partition coefficient (Wildman–Crippen LogP) is 3.24. The van der Waals surface area contributed by atoms with Crippen molar-refractivity contribution in [2.45, 2.75) is 58.7 Å². The molecule has 2 N–H and O–H groups in total. The summed E-state index contributed by atoms with van der Waals surface area (Å²) in [6.45, 7) is 9.43. The largest absolute Gasteiger partial charge is 0.368 e. The Hall–Kier alpha value is -2.73. The van der Waals surface area contributed by atoms with Crippen LogP contribution in [-0.4, -0.2) is 41.9 Å². The zero-order valence-corrected chi connectivity index (χ0v) is 18.2. The van der Waals surface area contributed by atoms with Crippen LogP contribution in [0.2, 0.25) is 0 Å². The number of benzene rings is 2. The van der Waals surface area contributed by atoms with Gasteiger partial charge < -0.3 is 15.4 Å². The molecule has 3 rings (SSSR count). The SMILES string of the molecule is CC1OCC(=O)C1(C)NC(=O)C(CC(C)(C)C)NC(=O)c1cccc2ccccc12. The zero-order valence-electron chi connectivity index (χ0n) is 18.2. The Kier molecular flexibility index (Phi) is 5.99. The zero-order chi connectivity index (χ0) is 22.1. The third-order valence-corrected chi connectivity index (χ3v) is 5.71. The van der Waals surface area contributed by atoms with Crippen molar-refractivity contribution in [1.82, 2.24) is 10.6 Å². The van der Waals surface area contributed by atoms with Crippen LogP contribution >= 0.6 is 0 Å². The van der Waals surface area contributed by atoms with Gasteiger partial charge in [-0.1, -0.05) is 57.2 Å². The number of carbonyl (C=O) groups excluding carboxylic acids is 3. The molecule has 160 valence electrons. The molecular formula is C24H30N2O4. The summed E-state index contributed by atoms with van der Waals surface area (Å²) >= 11 is 0. The van der Waals surface area contributed by atoms with Gasteiger partial charge in [0, 0.05) is 5.56 Å². The maximum absolute atomic E-state index is 13.2. The molecule has 30 heavy (non-hydrogen) atoms. The topological polar surface area (TPSA) is 84.5 Å². The predicted molar refractivity (Wildman–Crippen MR) is 116 cm³/mol. The van der Waals surface area contributed by atoms with Crippen LogP contribution in [0, 0.1) is 5.41 Å². The van der Waals surface area contributed by atoms with E-state index in [-0.39, 0.29) is 29.6 Å². The van der Waals surface area contributed by atoms with Gasteiger partial charge in [0.1, 0.15) is 18.2 Å². The lowest BCUT2D eigenvalue weighted by molar-refractivity contribution is -0.131. The van der Waals surface area contributed by atoms with Gasteiger partial charge in [-0.25, -0.2) is 0 Å². The van der Waals surface area contributed by atoms with Crippen LogP contribution in [0.15, 0.2) is 42.5 Å². The van der Waals surface area contributed by atoms with E-state index < -0.39 is 17.7 Å². The molecule has 6 nitrogen and oxygen atoms in total. The van der Waals surface area contributed by atoms with E-state index in [1.54, 1.807) is 19.9 Å². The third-order valence-electron chi connectivity index (χ3n) is 5.71. The first-order chi connectivity index (χ1) is 14.0. The van der Waals surface area contributed by atoms with Crippen LogP contribution in [0.25, 0.3) is 10.8 Å². The number of rotatable bonds is 5. The van der Waals surface area contributed by atoms with Gasteiger partial charge in [0.2, 0.25) is 5.91 Å². The molecule has 0 bridgehead atoms. The molecule has 1 heterocycles. The number of amides is 2. The van der Waals surface area contributed by atoms with Gasteiger partial charge in [-0.2, -0.15) is 0 Å². The molecule has 2 amide bonds. The molecule has 3 unspecified atom stereocenters. The fourth-order valence-corrected chi connectivity index (χ4v) is 3.74. The highest BCUT2D eigenvalue weighted by Crippen LogP contribution is 2.25. The fraction of sp³-hybridized carbons (Fsp3) is 0.458. The van der Waals surface area contributed by atoms with E-state index in [4.69, 9.17) is 4.74 Å². The minimum atomic E-state index is -1.10. The lowest BCUT2D eigenvalue weighted by Crippen LogP contribution is -2.60. The molecule has 2 aromatic rings. The van der Waals surface area contributed by atoms with Gasteiger partial charge in [0.25, 0.3) is 5.91 Å². The summed E-state index contributed by atoms with van der Waals surface area (Å²) in [5.74, 6) is -0.867. The summed E-state index contributed by atoms with van der Waals surface area (Å²) in [6.07, 6.45) is -0.00696. The molecule has 0 aliphatic carbocycles. The smallest absolute Gasteiger partial charge is 0.252 e. The Balaban J connectivity index is 1.86. The molecule has 1 fully saturated rings. The first-order valence-corrected chi connectivity index (χ1v) is 10.3. The van der Waals surface area contributed by atoms with Gasteiger partial charge >= 0.3 is 0 Å². The summed E-state index contributed by atoms with van der Waals surface area (Å²) in [5.41, 5.74) is -0.798. The van der Waals surface area contributed by atoms with Crippen LogP contribution in [0.1, 0.15) is 51.4 Å². The minimum Gasteiger partial charge on any atom is -0.368 e. The number of Topliss-reactive ketones (excluding diaryl/α,β-unsaturated/α-hetero) is 1. The van der Waals surface area contributed by atoms with Crippen molar-refractivity contribution in [3.8, 4) is 0 Å². The Morgan fingerprint density at radius 3 is 2.47 bits per heavy atom. The summed E-state index contributed by atoms with van der Waals surface area (Å²) in [4.78, 5) is 38.6. The average Bonchev–Trinajstić information content (AvgIpc) is 2.93. The van der Waals surface area contributed by atoms with Crippen LogP contribution in [0.3, 0.4) is 0 Å². The van der Waals surface area contributed by atoms with Gasteiger partial charge in [0.05, 0.1) is 6.10 Å². The monoisotopic (exact) mass is 410 g/mol. The first kappa shape index (κ1) is 22.0. The quantitative estimate of drug-likeness (QED) is 0.793. The first-order valence-electron chi connectivity index (χ1n) is 10.3. The van der Waals surface area contributed by atoms with Crippen molar-refractivity contribution < 1.29 is 19.1 Å². The van der Waals surface area contributed by atoms with Crippen molar-refractivity contribution in [3.63, 3.8) is 0 Å². The van der Waals surface area contributed by atoms with Crippen LogP contribution < -0.4 is 10.6 Å². The van der Waals surface area contributed by atoms with Crippen molar-refractivity contribution in [3.05, 3.63) is 48.0 Å². The molecule has 3 atom stereocenters. The Morgan fingerprint density at radius 1 is 1.17 bits per heavy atom. The third kappa shape index (κ3) is 4.54. The molecule has 2 aromatic carbocycles. The van der Waals surface area contributed by atoms with Crippen molar-refractivity contribution >= 4 is 28.4 Å². The number of hydrogen-bond acceptors (Lipinski definition) is 4. The number of hydrogen-bond donors (Lipinski definition) is 2. The van der Waals surface area contributed by atoms with Gasteiger partial charge in [-0.3, -0.25) is 14.4 Å². The maximum atomic E-state index is 13.2. The Morgan fingerprint density at radius 2 is 1.83 bits per heavy atom. The van der Waals surface area contributed by atoms with E-state index in [0.29, 0.717) is 12.0 Å². The summed E-state index contributed by atoms with van der Waals surface area (Å²) in [5, 5.41) is 7.52. The second-order valence-electron chi connectivity index (χ2n) is 9.39. The molecule has 0 spiro atoms. The highest BCUT2D eigenvalue weighted by Gasteiger charge is 2.47. The van der Waals surface area contributed by atoms with Gasteiger partial charge in [-0.15, -0.1) is 0 Å². The molecule has 1 aliphatic heterocycles. The Labute approximate surface area is 177 Å². The van der Waals surface area contributed by atoms with E-state index in [1.807, 2.05) is 57.2 Å². The summed E-state index contributed by atoms with van der Waals surface area (Å²) < 4.78 is 5.41. The number of fused-ring (bicyclic) bond motifs is 1. The van der Waals surface area contributed by atoms with Crippen LogP contribution in [0.5, 0.6) is 0 Å². The normalized spacial score (nSPS) is 22.7. The number of carbonyl (C=O) groups is 3. The number of ketones is 1. The van der Waals surface area contributed by atoms with E-state index in [0.717, 1.165) is 10.8 Å². The lowest BCUT2D eigenvalue weighted by atomic mass is 9.86. The van der Waals surface area contributed by atoms with E-state index >= 15 is 0 Å². The van der Waals surface area contributed by atoms with Crippen molar-refractivity contribution in [2.24, 2.45) is 5.41 Å². The average molecular weight is 411 g/mol. The molecule has 1 aliphatic rings. The standard InChI is InChI=1S/C24H30N2O4/c1-15-24(5,20(27)14-30-15)26-22(29)19(13-23(2,3)4)25-21(28)18-12-8-10-16-9-6-7-11-17(16)18/h6-12,15,19H,13-14H2,1-5H3,(H,25,28)(H,26,29). The molecule has 0 aromatic heterocycles. The highest BCUT2D eigenvalue weighted by molar-refractivity contribution is 6.08. The second-order valence-corrected chi connectivity index (χ2v) is 9.39. The number of ether oxygens (including phenoxy) is 1. The highest BCUT2D eigenvalue weighted by atomic mass is 16.5. The molecule has 0 radical (unpaired) electrons. The Bertz CT molecular complexity index is 973. The van der Waals surface area contributed by atoms with E-state index in [2.05, 4.69) is 10.6 Å². The van der Waals surface area contributed by atoms with Crippen molar-refractivity contribution in [2.75, 3.05) is 6.61 Å². The minimum absolute atomic E-state index is 0.0236. The second kappa shape index (κ2) is 8.19. The van der Waals surface area contributed by atoms with Gasteiger partial charge in [0.15, 0.2) is 5.78 Å². The van der Waals surface area contributed by atoms with Gasteiger partial charge in [-0.05, 0) is 42.5 Å². The van der Waals surface area contributed by atoms with Crippen LogP contribution in [-0.2, 0) is 14.3 Å². The van der Waals surface area contributed by atoms with E-state index in [1.165, 1.54) is 0 Å². The van der Waals surface area contributed by atoms with E-state index in [9.17, 15) is 14.4 Å². The lowest BCUT2D eigenvalue weighted by Gasteiger charge is -2.32.